The van der Waals surface area contributed by atoms with Crippen LogP contribution < -0.4 is 5.32 Å². The van der Waals surface area contributed by atoms with E-state index in [2.05, 4.69) is 26.2 Å². The summed E-state index contributed by atoms with van der Waals surface area (Å²) in [7, 11) is 0. The summed E-state index contributed by atoms with van der Waals surface area (Å²) in [4.78, 5) is 16.3. The molecule has 0 unspecified atom stereocenters. The van der Waals surface area contributed by atoms with E-state index < -0.39 is 0 Å². The fraction of sp³-hybridized carbons (Fsp3) is 0.100. The number of esters is 1. The highest BCUT2D eigenvalue weighted by atomic mass is 79.9. The molecule has 0 amide bonds. The van der Waals surface area contributed by atoms with Gasteiger partial charge in [-0.05, 0) is 51.3 Å². The minimum atomic E-state index is -0.321. The Balaban J connectivity index is 1.52. The Kier molecular flexibility index (Phi) is 5.80. The van der Waals surface area contributed by atoms with E-state index in [1.165, 1.54) is 0 Å². The zero-order valence-electron chi connectivity index (χ0n) is 13.5. The zero-order valence-corrected chi connectivity index (χ0v) is 15.1. The number of ether oxygens (including phenoxy) is 1. The highest BCUT2D eigenvalue weighted by molar-refractivity contribution is 9.10. The average molecular weight is 397 g/mol. The maximum absolute atomic E-state index is 12.1. The molecule has 0 aliphatic carbocycles. The molecule has 1 heterocycles. The van der Waals surface area contributed by atoms with E-state index in [1.807, 2.05) is 54.6 Å². The van der Waals surface area contributed by atoms with Gasteiger partial charge in [-0.3, -0.25) is 0 Å². The van der Waals surface area contributed by atoms with Crippen LogP contribution in [0.1, 0.15) is 21.5 Å². The smallest absolute Gasteiger partial charge is 0.338 e. The molecule has 3 aromatic rings. The van der Waals surface area contributed by atoms with Crippen LogP contribution in [0.4, 0.5) is 5.82 Å². The van der Waals surface area contributed by atoms with E-state index in [9.17, 15) is 4.79 Å². The lowest BCUT2D eigenvalue weighted by Crippen LogP contribution is -2.06. The number of benzene rings is 2. The largest absolute Gasteiger partial charge is 0.457 e. The van der Waals surface area contributed by atoms with Crippen LogP contribution in [0.2, 0.25) is 0 Å². The molecule has 2 aromatic carbocycles. The number of nitrogens with one attached hydrogen (secondary N) is 1. The molecule has 3 rings (SSSR count). The summed E-state index contributed by atoms with van der Waals surface area (Å²) < 4.78 is 6.27. The van der Waals surface area contributed by atoms with Crippen LogP contribution in [-0.4, -0.2) is 11.0 Å². The van der Waals surface area contributed by atoms with E-state index in [0.29, 0.717) is 12.1 Å². The van der Waals surface area contributed by atoms with Gasteiger partial charge in [-0.25, -0.2) is 9.78 Å². The summed E-state index contributed by atoms with van der Waals surface area (Å²) in [5.41, 5.74) is 2.57. The van der Waals surface area contributed by atoms with Gasteiger partial charge < -0.3 is 10.1 Å². The summed E-state index contributed by atoms with van der Waals surface area (Å²) >= 11 is 3.36. The molecule has 0 atom stereocenters. The Morgan fingerprint density at radius 3 is 2.40 bits per heavy atom. The molecule has 126 valence electrons. The molecular formula is C20H17BrN2O2. The van der Waals surface area contributed by atoms with E-state index in [0.717, 1.165) is 21.4 Å². The molecule has 0 radical (unpaired) electrons. The van der Waals surface area contributed by atoms with Crippen LogP contribution in [0.5, 0.6) is 0 Å². The van der Waals surface area contributed by atoms with Crippen molar-refractivity contribution in [2.75, 3.05) is 5.32 Å². The third-order valence-corrected chi connectivity index (χ3v) is 4.07. The van der Waals surface area contributed by atoms with Crippen molar-refractivity contribution in [2.24, 2.45) is 0 Å². The van der Waals surface area contributed by atoms with E-state index in [4.69, 9.17) is 4.74 Å². The fourth-order valence-corrected chi connectivity index (χ4v) is 2.47. The van der Waals surface area contributed by atoms with Crippen molar-refractivity contribution in [1.82, 2.24) is 4.98 Å². The molecule has 0 saturated heterocycles. The van der Waals surface area contributed by atoms with Crippen molar-refractivity contribution in [2.45, 2.75) is 13.2 Å². The van der Waals surface area contributed by atoms with Gasteiger partial charge in [0.2, 0.25) is 0 Å². The number of carbonyl (C=O) groups is 1. The van der Waals surface area contributed by atoms with Gasteiger partial charge >= 0.3 is 5.97 Å². The predicted molar refractivity (Wildman–Crippen MR) is 101 cm³/mol. The minimum Gasteiger partial charge on any atom is -0.457 e. The van der Waals surface area contributed by atoms with Crippen molar-refractivity contribution in [3.05, 3.63) is 94.1 Å². The van der Waals surface area contributed by atoms with Crippen LogP contribution in [0, 0.1) is 0 Å². The van der Waals surface area contributed by atoms with Crippen LogP contribution in [0.15, 0.2) is 77.4 Å². The molecule has 1 N–H and O–H groups in total. The maximum atomic E-state index is 12.1. The van der Waals surface area contributed by atoms with Gasteiger partial charge in [0, 0.05) is 17.2 Å². The highest BCUT2D eigenvalue weighted by Gasteiger charge is 2.07. The first-order valence-corrected chi connectivity index (χ1v) is 8.65. The molecule has 0 bridgehead atoms. The number of anilines is 1. The second-order valence-corrected chi connectivity index (χ2v) is 6.39. The van der Waals surface area contributed by atoms with Crippen molar-refractivity contribution < 1.29 is 9.53 Å². The predicted octanol–water partition coefficient (Wildman–Crippen LogP) is 4.81. The SMILES string of the molecule is O=C(OCc1ccccc1)c1ccc(CNc2ccc(Br)cn2)cc1. The number of halogens is 1. The monoisotopic (exact) mass is 396 g/mol. The molecule has 0 aliphatic heterocycles. The molecule has 0 spiro atoms. The fourth-order valence-electron chi connectivity index (χ4n) is 2.24. The van der Waals surface area contributed by atoms with E-state index in [1.54, 1.807) is 18.3 Å². The first-order valence-electron chi connectivity index (χ1n) is 7.86. The Morgan fingerprint density at radius 1 is 0.960 bits per heavy atom. The first-order chi connectivity index (χ1) is 12.2. The summed E-state index contributed by atoms with van der Waals surface area (Å²) in [5.74, 6) is 0.479. The third-order valence-electron chi connectivity index (χ3n) is 3.60. The van der Waals surface area contributed by atoms with Crippen molar-refractivity contribution in [1.29, 1.82) is 0 Å². The lowest BCUT2D eigenvalue weighted by atomic mass is 10.1. The number of rotatable bonds is 6. The highest BCUT2D eigenvalue weighted by Crippen LogP contribution is 2.13. The molecule has 4 nitrogen and oxygen atoms in total. The second kappa shape index (κ2) is 8.44. The summed E-state index contributed by atoms with van der Waals surface area (Å²) in [6, 6.07) is 20.8. The lowest BCUT2D eigenvalue weighted by molar-refractivity contribution is 0.0472. The molecule has 5 heteroatoms. The first kappa shape index (κ1) is 17.2. The molecule has 25 heavy (non-hydrogen) atoms. The minimum absolute atomic E-state index is 0.276. The van der Waals surface area contributed by atoms with Gasteiger partial charge in [-0.1, -0.05) is 42.5 Å². The summed E-state index contributed by atoms with van der Waals surface area (Å²) in [6.07, 6.45) is 1.74. The Labute approximate surface area is 155 Å². The second-order valence-electron chi connectivity index (χ2n) is 5.47. The van der Waals surface area contributed by atoms with Gasteiger partial charge in [-0.2, -0.15) is 0 Å². The summed E-state index contributed by atoms with van der Waals surface area (Å²) in [6.45, 7) is 0.909. The maximum Gasteiger partial charge on any atom is 0.338 e. The van der Waals surface area contributed by atoms with Crippen LogP contribution in [0.25, 0.3) is 0 Å². The number of aromatic nitrogens is 1. The normalized spacial score (nSPS) is 10.3. The van der Waals surface area contributed by atoms with Gasteiger partial charge in [0.05, 0.1) is 5.56 Å². The standard InChI is InChI=1S/C20H17BrN2O2/c21-18-10-11-19(23-13-18)22-12-15-6-8-17(9-7-15)20(24)25-14-16-4-2-1-3-5-16/h1-11,13H,12,14H2,(H,22,23). The number of hydrogen-bond donors (Lipinski definition) is 1. The van der Waals surface area contributed by atoms with Gasteiger partial charge in [0.1, 0.15) is 12.4 Å². The Bertz CT molecular complexity index is 819. The van der Waals surface area contributed by atoms with Gasteiger partial charge in [0.25, 0.3) is 0 Å². The van der Waals surface area contributed by atoms with E-state index in [-0.39, 0.29) is 12.6 Å². The molecule has 0 saturated carbocycles. The Morgan fingerprint density at radius 2 is 1.72 bits per heavy atom. The van der Waals surface area contributed by atoms with Crippen molar-refractivity contribution >= 4 is 27.7 Å². The number of pyridine rings is 1. The summed E-state index contributed by atoms with van der Waals surface area (Å²) in [5, 5.41) is 3.24. The van der Waals surface area contributed by atoms with Crippen LogP contribution in [-0.2, 0) is 17.9 Å². The molecular weight excluding hydrogens is 380 g/mol. The lowest BCUT2D eigenvalue weighted by Gasteiger charge is -2.08. The quantitative estimate of drug-likeness (QED) is 0.607. The van der Waals surface area contributed by atoms with Crippen LogP contribution >= 0.6 is 15.9 Å². The zero-order chi connectivity index (χ0) is 17.5. The molecule has 0 fully saturated rings. The number of nitrogens with zero attached hydrogens (tertiary/aromatic N) is 1. The third kappa shape index (κ3) is 5.16. The van der Waals surface area contributed by atoms with E-state index >= 15 is 0 Å². The van der Waals surface area contributed by atoms with Crippen molar-refractivity contribution in [3.8, 4) is 0 Å². The van der Waals surface area contributed by atoms with Crippen molar-refractivity contribution in [3.63, 3.8) is 0 Å². The number of carbonyl (C=O) groups excluding carboxylic acids is 1. The van der Waals surface area contributed by atoms with Gasteiger partial charge in [0.15, 0.2) is 0 Å². The molecule has 0 aliphatic rings. The Hall–Kier alpha value is -2.66. The average Bonchev–Trinajstić information content (AvgIpc) is 2.67. The number of hydrogen-bond acceptors (Lipinski definition) is 4. The van der Waals surface area contributed by atoms with Crippen LogP contribution in [0.3, 0.4) is 0 Å². The molecule has 1 aromatic heterocycles. The topological polar surface area (TPSA) is 51.2 Å². The van der Waals surface area contributed by atoms with Gasteiger partial charge in [-0.15, -0.1) is 0 Å².